The summed E-state index contributed by atoms with van der Waals surface area (Å²) in [5, 5.41) is 9.59. The van der Waals surface area contributed by atoms with Crippen molar-refractivity contribution in [2.75, 3.05) is 39.5 Å². The standard InChI is InChI=1S/C14H21NO5/c16-12(10-2-1-4-19-7-10)15-6-11-8-20-5-3-14(11,9-15)13(17)18/h10-11H,1-9H2,(H,17,18)/t10?,11-,14+/m0/s1. The number of hydrogen-bond donors (Lipinski definition) is 1. The molecule has 1 unspecified atom stereocenters. The second-order valence-corrected chi connectivity index (χ2v) is 6.12. The molecule has 0 saturated carbocycles. The molecule has 0 spiro atoms. The maximum absolute atomic E-state index is 12.5. The fourth-order valence-electron chi connectivity index (χ4n) is 3.66. The van der Waals surface area contributed by atoms with E-state index in [0.29, 0.717) is 39.3 Å². The molecule has 1 amide bonds. The second-order valence-electron chi connectivity index (χ2n) is 6.12. The summed E-state index contributed by atoms with van der Waals surface area (Å²) >= 11 is 0. The number of carboxylic acid groups (broad SMARTS) is 1. The van der Waals surface area contributed by atoms with Crippen molar-refractivity contribution in [2.45, 2.75) is 19.3 Å². The predicted octanol–water partition coefficient (Wildman–Crippen LogP) is 0.363. The highest BCUT2D eigenvalue weighted by Gasteiger charge is 2.55. The smallest absolute Gasteiger partial charge is 0.311 e. The van der Waals surface area contributed by atoms with E-state index in [4.69, 9.17) is 9.47 Å². The van der Waals surface area contributed by atoms with Crippen molar-refractivity contribution in [3.05, 3.63) is 0 Å². The summed E-state index contributed by atoms with van der Waals surface area (Å²) in [5.41, 5.74) is -0.802. The van der Waals surface area contributed by atoms with E-state index in [9.17, 15) is 14.7 Å². The molecule has 0 aromatic heterocycles. The zero-order valence-electron chi connectivity index (χ0n) is 11.5. The summed E-state index contributed by atoms with van der Waals surface area (Å²) in [4.78, 5) is 25.9. The monoisotopic (exact) mass is 283 g/mol. The van der Waals surface area contributed by atoms with Crippen LogP contribution in [0.1, 0.15) is 19.3 Å². The summed E-state index contributed by atoms with van der Waals surface area (Å²) in [6.45, 7) is 2.93. The minimum atomic E-state index is -0.802. The number of hydrogen-bond acceptors (Lipinski definition) is 4. The molecule has 3 heterocycles. The SMILES string of the molecule is O=C(C1CCCOC1)N1C[C@H]2COCC[C@@]2(C(=O)O)C1. The molecule has 3 aliphatic rings. The summed E-state index contributed by atoms with van der Waals surface area (Å²) in [6.07, 6.45) is 2.25. The van der Waals surface area contributed by atoms with Crippen LogP contribution < -0.4 is 0 Å². The first-order valence-electron chi connectivity index (χ1n) is 7.31. The maximum atomic E-state index is 12.5. The van der Waals surface area contributed by atoms with Crippen LogP contribution >= 0.6 is 0 Å². The Kier molecular flexibility index (Phi) is 3.69. The van der Waals surface area contributed by atoms with Crippen molar-refractivity contribution < 1.29 is 24.2 Å². The Hall–Kier alpha value is -1.14. The van der Waals surface area contributed by atoms with Gasteiger partial charge >= 0.3 is 5.97 Å². The van der Waals surface area contributed by atoms with Gasteiger partial charge in [0.25, 0.3) is 0 Å². The maximum Gasteiger partial charge on any atom is 0.311 e. The van der Waals surface area contributed by atoms with Crippen molar-refractivity contribution in [3.8, 4) is 0 Å². The van der Waals surface area contributed by atoms with Gasteiger partial charge in [-0.05, 0) is 19.3 Å². The molecule has 0 aliphatic carbocycles. The van der Waals surface area contributed by atoms with Crippen LogP contribution in [0.5, 0.6) is 0 Å². The number of fused-ring (bicyclic) bond motifs is 1. The minimum absolute atomic E-state index is 0.0553. The summed E-state index contributed by atoms with van der Waals surface area (Å²) in [6, 6.07) is 0. The van der Waals surface area contributed by atoms with Gasteiger partial charge in [0.05, 0.1) is 24.5 Å². The Morgan fingerprint density at radius 1 is 1.20 bits per heavy atom. The van der Waals surface area contributed by atoms with E-state index < -0.39 is 11.4 Å². The van der Waals surface area contributed by atoms with Gasteiger partial charge in [0.15, 0.2) is 0 Å². The number of carbonyl (C=O) groups excluding carboxylic acids is 1. The average molecular weight is 283 g/mol. The molecular weight excluding hydrogens is 262 g/mol. The lowest BCUT2D eigenvalue weighted by molar-refractivity contribution is -0.157. The van der Waals surface area contributed by atoms with Crippen LogP contribution in [0.3, 0.4) is 0 Å². The van der Waals surface area contributed by atoms with Crippen molar-refractivity contribution in [2.24, 2.45) is 17.3 Å². The first-order chi connectivity index (χ1) is 9.63. The largest absolute Gasteiger partial charge is 0.481 e. The van der Waals surface area contributed by atoms with E-state index >= 15 is 0 Å². The van der Waals surface area contributed by atoms with E-state index in [1.807, 2.05) is 0 Å². The molecule has 0 bridgehead atoms. The van der Waals surface area contributed by atoms with Gasteiger partial charge < -0.3 is 19.5 Å². The third kappa shape index (κ3) is 2.20. The Balaban J connectivity index is 1.73. The molecule has 3 fully saturated rings. The Bertz CT molecular complexity index is 406. The lowest BCUT2D eigenvalue weighted by Crippen LogP contribution is -2.45. The number of ether oxygens (including phenoxy) is 2. The highest BCUT2D eigenvalue weighted by atomic mass is 16.5. The molecule has 0 radical (unpaired) electrons. The van der Waals surface area contributed by atoms with Crippen molar-refractivity contribution in [1.29, 1.82) is 0 Å². The quantitative estimate of drug-likeness (QED) is 0.792. The molecule has 1 N–H and O–H groups in total. The van der Waals surface area contributed by atoms with Crippen LogP contribution in [0.2, 0.25) is 0 Å². The van der Waals surface area contributed by atoms with Crippen LogP contribution in [0.25, 0.3) is 0 Å². The van der Waals surface area contributed by atoms with Gasteiger partial charge in [-0.3, -0.25) is 9.59 Å². The highest BCUT2D eigenvalue weighted by Crippen LogP contribution is 2.43. The number of nitrogens with zero attached hydrogens (tertiary/aromatic N) is 1. The fraction of sp³-hybridized carbons (Fsp3) is 0.857. The van der Waals surface area contributed by atoms with Gasteiger partial charge in [-0.2, -0.15) is 0 Å². The van der Waals surface area contributed by atoms with Gasteiger partial charge in [0.1, 0.15) is 0 Å². The molecule has 3 rings (SSSR count). The number of amides is 1. The predicted molar refractivity (Wildman–Crippen MR) is 69.1 cm³/mol. The van der Waals surface area contributed by atoms with Crippen LogP contribution in [0, 0.1) is 17.3 Å². The third-order valence-electron chi connectivity index (χ3n) is 4.95. The van der Waals surface area contributed by atoms with Gasteiger partial charge in [0, 0.05) is 32.2 Å². The molecule has 0 aromatic carbocycles. The Morgan fingerprint density at radius 2 is 2.00 bits per heavy atom. The van der Waals surface area contributed by atoms with Crippen LogP contribution in [-0.2, 0) is 19.1 Å². The zero-order chi connectivity index (χ0) is 14.2. The number of likely N-dealkylation sites (tertiary alicyclic amines) is 1. The van der Waals surface area contributed by atoms with E-state index in [-0.39, 0.29) is 17.7 Å². The molecule has 0 aromatic rings. The van der Waals surface area contributed by atoms with E-state index in [0.717, 1.165) is 19.4 Å². The number of aliphatic carboxylic acids is 1. The lowest BCUT2D eigenvalue weighted by atomic mass is 9.74. The van der Waals surface area contributed by atoms with E-state index in [1.54, 1.807) is 4.90 Å². The molecule has 3 aliphatic heterocycles. The molecular formula is C14H21NO5. The van der Waals surface area contributed by atoms with E-state index in [2.05, 4.69) is 0 Å². The first-order valence-corrected chi connectivity index (χ1v) is 7.31. The van der Waals surface area contributed by atoms with Crippen molar-refractivity contribution in [3.63, 3.8) is 0 Å². The normalized spacial score (nSPS) is 37.5. The molecule has 3 saturated heterocycles. The van der Waals surface area contributed by atoms with Gasteiger partial charge in [0.2, 0.25) is 5.91 Å². The number of carboxylic acids is 1. The fourth-order valence-corrected chi connectivity index (χ4v) is 3.66. The number of carbonyl (C=O) groups is 2. The summed E-state index contributed by atoms with van der Waals surface area (Å²) in [5.74, 6) is -0.918. The summed E-state index contributed by atoms with van der Waals surface area (Å²) < 4.78 is 10.8. The lowest BCUT2D eigenvalue weighted by Gasteiger charge is -2.34. The van der Waals surface area contributed by atoms with E-state index in [1.165, 1.54) is 0 Å². The Labute approximate surface area is 118 Å². The van der Waals surface area contributed by atoms with Crippen LogP contribution in [0.4, 0.5) is 0 Å². The van der Waals surface area contributed by atoms with Crippen LogP contribution in [-0.4, -0.2) is 61.4 Å². The molecule has 112 valence electrons. The van der Waals surface area contributed by atoms with Gasteiger partial charge in [-0.1, -0.05) is 0 Å². The zero-order valence-corrected chi connectivity index (χ0v) is 11.5. The van der Waals surface area contributed by atoms with Crippen molar-refractivity contribution >= 4 is 11.9 Å². The summed E-state index contributed by atoms with van der Waals surface area (Å²) in [7, 11) is 0. The highest BCUT2D eigenvalue weighted by molar-refractivity contribution is 5.82. The molecule has 6 heteroatoms. The average Bonchev–Trinajstić information content (AvgIpc) is 2.88. The molecule has 20 heavy (non-hydrogen) atoms. The third-order valence-corrected chi connectivity index (χ3v) is 4.95. The number of rotatable bonds is 2. The second kappa shape index (κ2) is 5.33. The van der Waals surface area contributed by atoms with Crippen molar-refractivity contribution in [1.82, 2.24) is 4.90 Å². The van der Waals surface area contributed by atoms with Gasteiger partial charge in [-0.15, -0.1) is 0 Å². The Morgan fingerprint density at radius 3 is 2.65 bits per heavy atom. The first kappa shape index (κ1) is 13.8. The molecule has 6 nitrogen and oxygen atoms in total. The minimum Gasteiger partial charge on any atom is -0.481 e. The van der Waals surface area contributed by atoms with Gasteiger partial charge in [-0.25, -0.2) is 0 Å². The molecule has 3 atom stereocenters. The topological polar surface area (TPSA) is 76.1 Å². The van der Waals surface area contributed by atoms with Crippen LogP contribution in [0.15, 0.2) is 0 Å².